The highest BCUT2D eigenvalue weighted by atomic mass is 19.1. The molecule has 1 aliphatic rings. The predicted octanol–water partition coefficient (Wildman–Crippen LogP) is 2.46. The zero-order valence-electron chi connectivity index (χ0n) is 22.4. The third-order valence-corrected chi connectivity index (χ3v) is 6.61. The van der Waals surface area contributed by atoms with Gasteiger partial charge in [0.1, 0.15) is 17.4 Å². The molecule has 13 heteroatoms. The van der Waals surface area contributed by atoms with Crippen molar-refractivity contribution in [1.29, 1.82) is 0 Å². The summed E-state index contributed by atoms with van der Waals surface area (Å²) >= 11 is 0. The van der Waals surface area contributed by atoms with Crippen LogP contribution in [-0.2, 0) is 13.1 Å². The number of benzene rings is 2. The molecule has 3 rings (SSSR count). The Labute approximate surface area is 238 Å². The summed E-state index contributed by atoms with van der Waals surface area (Å²) in [6, 6.07) is 9.03. The number of ether oxygens (including phenoxy) is 1. The van der Waals surface area contributed by atoms with Gasteiger partial charge in [-0.15, -0.1) is 10.2 Å². The molecule has 1 saturated heterocycles. The molecular formula is C26H29B6F2N3O2. The fourth-order valence-corrected chi connectivity index (χ4v) is 4.96. The van der Waals surface area contributed by atoms with E-state index >= 15 is 0 Å². The Morgan fingerprint density at radius 2 is 1.62 bits per heavy atom. The van der Waals surface area contributed by atoms with Crippen molar-refractivity contribution in [2.24, 2.45) is 0 Å². The molecular weight excluding hydrogens is 489 g/mol. The highest BCUT2D eigenvalue weighted by Gasteiger charge is 2.39. The summed E-state index contributed by atoms with van der Waals surface area (Å²) in [6.45, 7) is 4.82. The first-order valence-corrected chi connectivity index (χ1v) is 12.9. The molecule has 0 aliphatic carbocycles. The van der Waals surface area contributed by atoms with Crippen molar-refractivity contribution in [2.45, 2.75) is 68.2 Å². The summed E-state index contributed by atoms with van der Waals surface area (Å²) in [5, 5.41) is -0.631. The molecule has 0 saturated carbocycles. The van der Waals surface area contributed by atoms with Crippen LogP contribution in [0.15, 0.2) is 42.5 Å². The van der Waals surface area contributed by atoms with Gasteiger partial charge in [0.2, 0.25) is 0 Å². The molecule has 2 aromatic rings. The molecule has 0 bridgehead atoms. The minimum Gasteiger partial charge on any atom is -0.491 e. The third-order valence-electron chi connectivity index (χ3n) is 6.61. The smallest absolute Gasteiger partial charge is 0.318 e. The van der Waals surface area contributed by atoms with Gasteiger partial charge in [-0.05, 0) is 56.5 Å². The molecule has 12 radical (unpaired) electrons. The Morgan fingerprint density at radius 1 is 1.03 bits per heavy atom. The van der Waals surface area contributed by atoms with Crippen molar-refractivity contribution in [1.82, 2.24) is 15.1 Å². The first-order valence-electron chi connectivity index (χ1n) is 12.9. The molecule has 192 valence electrons. The molecule has 0 unspecified atom stereocenters. The number of amides is 2. The lowest BCUT2D eigenvalue weighted by atomic mass is 9.27. The normalized spacial score (nSPS) is 15.4. The number of nitrogens with zero attached hydrogens (tertiary/aromatic N) is 2. The zero-order valence-corrected chi connectivity index (χ0v) is 22.4. The maximum Gasteiger partial charge on any atom is 0.318 e. The highest BCUT2D eigenvalue weighted by Crippen LogP contribution is 2.37. The molecule has 1 aliphatic heterocycles. The molecule has 1 heterocycles. The maximum atomic E-state index is 14.5. The molecule has 1 fully saturated rings. The van der Waals surface area contributed by atoms with Gasteiger partial charge >= 0.3 is 6.03 Å². The van der Waals surface area contributed by atoms with E-state index in [0.29, 0.717) is 25.9 Å². The number of hydrogen-bond acceptors (Lipinski definition) is 3. The van der Waals surface area contributed by atoms with Crippen LogP contribution in [0.4, 0.5) is 13.6 Å². The van der Waals surface area contributed by atoms with Crippen molar-refractivity contribution < 1.29 is 18.3 Å². The zero-order chi connectivity index (χ0) is 29.0. The number of likely N-dealkylation sites (tertiary alicyclic amines) is 1. The summed E-state index contributed by atoms with van der Waals surface area (Å²) in [5.41, 5.74) is 1.05. The Balaban J connectivity index is 1.74. The Bertz CT molecular complexity index is 1090. The average Bonchev–Trinajstić information content (AvgIpc) is 2.81. The van der Waals surface area contributed by atoms with Crippen molar-refractivity contribution in [3.63, 3.8) is 0 Å². The number of carbonyl (C=O) groups excluding carboxylic acids is 1. The van der Waals surface area contributed by atoms with Gasteiger partial charge in [-0.2, -0.15) is 0 Å². The minimum absolute atomic E-state index is 0.0459. The van der Waals surface area contributed by atoms with Crippen LogP contribution < -0.4 is 10.1 Å². The van der Waals surface area contributed by atoms with E-state index in [1.165, 1.54) is 6.07 Å². The first kappa shape index (κ1) is 31.2. The summed E-state index contributed by atoms with van der Waals surface area (Å²) in [4.78, 5) is 16.7. The van der Waals surface area contributed by atoms with E-state index in [1.54, 1.807) is 9.80 Å². The van der Waals surface area contributed by atoms with Crippen LogP contribution in [0.5, 0.6) is 5.75 Å². The minimum atomic E-state index is -1.77. The van der Waals surface area contributed by atoms with Crippen molar-refractivity contribution >= 4 is 53.1 Å². The molecule has 2 aromatic carbocycles. The van der Waals surface area contributed by atoms with Crippen LogP contribution in [0, 0.1) is 11.6 Å². The fraction of sp³-hybridized carbons (Fsp3) is 0.500. The topological polar surface area (TPSA) is 44.8 Å². The van der Waals surface area contributed by atoms with Crippen LogP contribution in [0.1, 0.15) is 37.8 Å². The van der Waals surface area contributed by atoms with Crippen LogP contribution in [0.3, 0.4) is 0 Å². The molecule has 5 nitrogen and oxygen atoms in total. The summed E-state index contributed by atoms with van der Waals surface area (Å²) in [6.07, 6.45) is 0.963. The predicted molar refractivity (Wildman–Crippen MR) is 155 cm³/mol. The van der Waals surface area contributed by atoms with Crippen LogP contribution in [-0.4, -0.2) is 94.2 Å². The quantitative estimate of drug-likeness (QED) is 0.492. The number of hydrogen-bond donors (Lipinski definition) is 1. The summed E-state index contributed by atoms with van der Waals surface area (Å²) < 4.78 is 33.7. The summed E-state index contributed by atoms with van der Waals surface area (Å²) in [5.74, 6) is -0.699. The second-order valence-corrected chi connectivity index (χ2v) is 10.5. The number of piperidine rings is 1. The van der Waals surface area contributed by atoms with E-state index in [2.05, 4.69) is 5.32 Å². The fourth-order valence-electron chi connectivity index (χ4n) is 4.96. The Hall–Kier alpha value is -2.28. The number of halogens is 2. The van der Waals surface area contributed by atoms with Crippen molar-refractivity contribution in [2.75, 3.05) is 13.1 Å². The lowest BCUT2D eigenvalue weighted by molar-refractivity contribution is 0.0918. The van der Waals surface area contributed by atoms with E-state index < -0.39 is 33.9 Å². The van der Waals surface area contributed by atoms with Gasteiger partial charge in [-0.25, -0.2) is 13.6 Å². The molecule has 2 amide bonds. The van der Waals surface area contributed by atoms with E-state index in [9.17, 15) is 13.6 Å². The monoisotopic (exact) mass is 519 g/mol. The van der Waals surface area contributed by atoms with Gasteiger partial charge < -0.3 is 19.9 Å². The summed E-state index contributed by atoms with van der Waals surface area (Å²) in [7, 11) is 35.5. The van der Waals surface area contributed by atoms with Gasteiger partial charge in [0.05, 0.1) is 59.7 Å². The first-order chi connectivity index (χ1) is 18.1. The number of urea groups is 1. The Morgan fingerprint density at radius 3 is 2.13 bits per heavy atom. The molecule has 0 atom stereocenters. The van der Waals surface area contributed by atoms with Crippen LogP contribution in [0.2, 0.25) is 10.2 Å². The van der Waals surface area contributed by atoms with Crippen molar-refractivity contribution in [3.8, 4) is 5.75 Å². The number of carbonyl (C=O) groups is 1. The second kappa shape index (κ2) is 12.9. The van der Waals surface area contributed by atoms with Gasteiger partial charge in [-0.1, -0.05) is 18.2 Å². The van der Waals surface area contributed by atoms with Gasteiger partial charge in [0.25, 0.3) is 0 Å². The lowest BCUT2D eigenvalue weighted by Crippen LogP contribution is -2.58. The van der Waals surface area contributed by atoms with Crippen molar-refractivity contribution in [3.05, 3.63) is 65.2 Å². The number of nitrogens with one attached hydrogen (secondary N) is 1. The second-order valence-electron chi connectivity index (χ2n) is 10.5. The molecule has 0 aromatic heterocycles. The van der Waals surface area contributed by atoms with Crippen LogP contribution >= 0.6 is 0 Å². The highest BCUT2D eigenvalue weighted by molar-refractivity contribution is 6.64. The van der Waals surface area contributed by atoms with Gasteiger partial charge in [-0.3, -0.25) is 0 Å². The van der Waals surface area contributed by atoms with E-state index in [4.69, 9.17) is 51.8 Å². The molecule has 1 N–H and O–H groups in total. The van der Waals surface area contributed by atoms with E-state index in [1.807, 2.05) is 38.1 Å². The van der Waals surface area contributed by atoms with E-state index in [0.717, 1.165) is 23.4 Å². The third kappa shape index (κ3) is 8.86. The van der Waals surface area contributed by atoms with Gasteiger partial charge in [0, 0.05) is 37.3 Å². The molecule has 39 heavy (non-hydrogen) atoms. The largest absolute Gasteiger partial charge is 0.491 e. The lowest BCUT2D eigenvalue weighted by Gasteiger charge is -2.53. The Kier molecular flexibility index (Phi) is 10.4. The number of rotatable bonds is 10. The molecule has 0 spiro atoms. The van der Waals surface area contributed by atoms with E-state index in [-0.39, 0.29) is 30.8 Å². The van der Waals surface area contributed by atoms with Gasteiger partial charge in [0.15, 0.2) is 0 Å². The average molecular weight is 518 g/mol. The SMILES string of the molecule is [B]C([B])([B])C(N1CCC(N(Cc2ccc(F)cc2F)C(=O)NCc2ccc(OC(C)C)cc2)CC1)C([B])([B])[B]. The standard InChI is InChI=1S/C26H29B6F2N3O2/c1-16(2)39-21-7-3-17(4-8-21)14-35-24(38)37(15-18-5-6-19(33)13-22(18)34)20-9-11-36(12-10-20)23(25(27,28)29)26(30,31)32/h3-8,13,16,20,23H,9-12,14-15H2,1-2H3,(H,35,38). The maximum absolute atomic E-state index is 14.5. The van der Waals surface area contributed by atoms with Crippen LogP contribution in [0.25, 0.3) is 0 Å².